The quantitative estimate of drug-likeness (QED) is 0.790. The van der Waals surface area contributed by atoms with Crippen LogP contribution >= 0.6 is 0 Å². The van der Waals surface area contributed by atoms with E-state index in [4.69, 9.17) is 0 Å². The summed E-state index contributed by atoms with van der Waals surface area (Å²) in [5.74, 6) is 1.65. The first-order valence-electron chi connectivity index (χ1n) is 6.79. The van der Waals surface area contributed by atoms with E-state index < -0.39 is 0 Å². The number of hydrogen-bond acceptors (Lipinski definition) is 4. The van der Waals surface area contributed by atoms with Crippen molar-refractivity contribution in [3.05, 3.63) is 36.3 Å². The molecule has 3 aromatic rings. The zero-order chi connectivity index (χ0) is 14.1. The van der Waals surface area contributed by atoms with Gasteiger partial charge in [-0.3, -0.25) is 4.57 Å². The zero-order valence-corrected chi connectivity index (χ0v) is 12.0. The lowest BCUT2D eigenvalue weighted by atomic mass is 10.4. The van der Waals surface area contributed by atoms with Gasteiger partial charge in [0.25, 0.3) is 0 Å². The van der Waals surface area contributed by atoms with Gasteiger partial charge in [-0.25, -0.2) is 15.0 Å². The molecule has 6 heteroatoms. The number of nitrogens with zero attached hydrogens (tertiary/aromatic N) is 5. The van der Waals surface area contributed by atoms with Crippen LogP contribution in [0.15, 0.2) is 24.9 Å². The Bertz CT molecular complexity index is 739. The number of fused-ring (bicyclic) bond motifs is 1. The molecule has 0 fully saturated rings. The molecule has 0 spiro atoms. The van der Waals surface area contributed by atoms with E-state index in [1.807, 2.05) is 35.2 Å². The van der Waals surface area contributed by atoms with Crippen molar-refractivity contribution in [3.8, 4) is 5.82 Å². The average molecular weight is 270 g/mol. The molecule has 3 aromatic heterocycles. The Hall–Kier alpha value is -2.37. The van der Waals surface area contributed by atoms with Crippen molar-refractivity contribution in [2.24, 2.45) is 0 Å². The molecule has 104 valence electrons. The van der Waals surface area contributed by atoms with Crippen LogP contribution in [0.2, 0.25) is 0 Å². The molecule has 0 saturated heterocycles. The van der Waals surface area contributed by atoms with E-state index in [1.54, 1.807) is 12.5 Å². The maximum atomic E-state index is 4.68. The van der Waals surface area contributed by atoms with Gasteiger partial charge in [-0.15, -0.1) is 0 Å². The lowest BCUT2D eigenvalue weighted by Crippen LogP contribution is -2.08. The lowest BCUT2D eigenvalue weighted by molar-refractivity contribution is 0.917. The van der Waals surface area contributed by atoms with E-state index in [2.05, 4.69) is 27.2 Å². The molecule has 0 amide bonds. The zero-order valence-electron chi connectivity index (χ0n) is 12.0. The summed E-state index contributed by atoms with van der Waals surface area (Å²) >= 11 is 0. The number of anilines is 1. The van der Waals surface area contributed by atoms with E-state index in [0.29, 0.717) is 0 Å². The van der Waals surface area contributed by atoms with Crippen LogP contribution in [0.4, 0.5) is 5.82 Å². The second kappa shape index (κ2) is 4.96. The summed E-state index contributed by atoms with van der Waals surface area (Å²) in [5, 5.41) is 3.32. The molecular formula is C14H18N6. The number of aryl methyl sites for hydroxylation is 1. The fourth-order valence-electron chi connectivity index (χ4n) is 2.13. The van der Waals surface area contributed by atoms with E-state index >= 15 is 0 Å². The molecule has 6 nitrogen and oxygen atoms in total. The van der Waals surface area contributed by atoms with Crippen molar-refractivity contribution in [2.75, 3.05) is 11.9 Å². The van der Waals surface area contributed by atoms with Gasteiger partial charge in [0.15, 0.2) is 11.5 Å². The van der Waals surface area contributed by atoms with Gasteiger partial charge in [0, 0.05) is 24.6 Å². The van der Waals surface area contributed by atoms with Gasteiger partial charge in [-0.1, -0.05) is 6.92 Å². The Kier molecular flexibility index (Phi) is 3.14. The van der Waals surface area contributed by atoms with Crippen LogP contribution in [-0.2, 0) is 0 Å². The predicted molar refractivity (Wildman–Crippen MR) is 78.4 cm³/mol. The van der Waals surface area contributed by atoms with Crippen LogP contribution in [0, 0.1) is 13.8 Å². The SMILES string of the molecule is CCCNc1cn2ccnc2c(-n2cnc(C)c2C)n1. The van der Waals surface area contributed by atoms with Crippen LogP contribution in [-0.4, -0.2) is 30.5 Å². The minimum absolute atomic E-state index is 0.800. The molecule has 0 atom stereocenters. The topological polar surface area (TPSA) is 60.0 Å². The van der Waals surface area contributed by atoms with Crippen molar-refractivity contribution < 1.29 is 0 Å². The van der Waals surface area contributed by atoms with E-state index in [-0.39, 0.29) is 0 Å². The molecule has 3 heterocycles. The number of rotatable bonds is 4. The molecule has 3 rings (SSSR count). The lowest BCUT2D eigenvalue weighted by Gasteiger charge is -2.10. The van der Waals surface area contributed by atoms with Gasteiger partial charge < -0.3 is 9.72 Å². The van der Waals surface area contributed by atoms with E-state index in [9.17, 15) is 0 Å². The van der Waals surface area contributed by atoms with Crippen LogP contribution in [0.5, 0.6) is 0 Å². The third-order valence-electron chi connectivity index (χ3n) is 3.39. The highest BCUT2D eigenvalue weighted by Crippen LogP contribution is 2.18. The summed E-state index contributed by atoms with van der Waals surface area (Å²) in [7, 11) is 0. The van der Waals surface area contributed by atoms with Crippen LogP contribution in [0.3, 0.4) is 0 Å². The monoisotopic (exact) mass is 270 g/mol. The van der Waals surface area contributed by atoms with Gasteiger partial charge in [0.1, 0.15) is 12.1 Å². The number of hydrogen-bond donors (Lipinski definition) is 1. The maximum absolute atomic E-state index is 4.68. The summed E-state index contributed by atoms with van der Waals surface area (Å²) in [5.41, 5.74) is 2.91. The van der Waals surface area contributed by atoms with Crippen LogP contribution < -0.4 is 5.32 Å². The highest BCUT2D eigenvalue weighted by Gasteiger charge is 2.12. The molecule has 0 aliphatic heterocycles. The maximum Gasteiger partial charge on any atom is 0.184 e. The largest absolute Gasteiger partial charge is 0.369 e. The Labute approximate surface area is 117 Å². The fraction of sp³-hybridized carbons (Fsp3) is 0.357. The molecule has 0 unspecified atom stereocenters. The molecule has 20 heavy (non-hydrogen) atoms. The van der Waals surface area contributed by atoms with Crippen molar-refractivity contribution in [1.82, 2.24) is 23.9 Å². The highest BCUT2D eigenvalue weighted by atomic mass is 15.2. The highest BCUT2D eigenvalue weighted by molar-refractivity contribution is 5.58. The molecule has 0 aromatic carbocycles. The van der Waals surface area contributed by atoms with Crippen molar-refractivity contribution in [1.29, 1.82) is 0 Å². The smallest absolute Gasteiger partial charge is 0.184 e. The predicted octanol–water partition coefficient (Wildman–Crippen LogP) is 2.35. The van der Waals surface area contributed by atoms with Crippen molar-refractivity contribution >= 4 is 11.5 Å². The number of nitrogens with one attached hydrogen (secondary N) is 1. The third-order valence-corrected chi connectivity index (χ3v) is 3.39. The first-order chi connectivity index (χ1) is 9.70. The molecule has 0 aliphatic rings. The Morgan fingerprint density at radius 3 is 2.80 bits per heavy atom. The van der Waals surface area contributed by atoms with E-state index in [1.165, 1.54) is 0 Å². The summed E-state index contributed by atoms with van der Waals surface area (Å²) in [6, 6.07) is 0. The van der Waals surface area contributed by atoms with Crippen LogP contribution in [0.1, 0.15) is 24.7 Å². The molecule has 1 N–H and O–H groups in total. The first-order valence-corrected chi connectivity index (χ1v) is 6.79. The van der Waals surface area contributed by atoms with Gasteiger partial charge in [0.05, 0.1) is 11.9 Å². The molecular weight excluding hydrogens is 252 g/mol. The van der Waals surface area contributed by atoms with Gasteiger partial charge in [-0.05, 0) is 20.3 Å². The minimum atomic E-state index is 0.800. The van der Waals surface area contributed by atoms with Gasteiger partial charge in [0.2, 0.25) is 0 Å². The third kappa shape index (κ3) is 2.03. The van der Waals surface area contributed by atoms with Gasteiger partial charge >= 0.3 is 0 Å². The fourth-order valence-corrected chi connectivity index (χ4v) is 2.13. The molecule has 0 bridgehead atoms. The second-order valence-corrected chi connectivity index (χ2v) is 4.82. The normalized spacial score (nSPS) is 11.2. The number of imidazole rings is 2. The molecule has 0 saturated carbocycles. The Balaban J connectivity index is 2.17. The molecule has 0 radical (unpaired) electrons. The van der Waals surface area contributed by atoms with Gasteiger partial charge in [-0.2, -0.15) is 0 Å². The van der Waals surface area contributed by atoms with E-state index in [0.717, 1.165) is 41.6 Å². The summed E-state index contributed by atoms with van der Waals surface area (Å²) in [4.78, 5) is 13.4. The van der Waals surface area contributed by atoms with Crippen molar-refractivity contribution in [3.63, 3.8) is 0 Å². The summed E-state index contributed by atoms with van der Waals surface area (Å²) in [6.45, 7) is 7.06. The summed E-state index contributed by atoms with van der Waals surface area (Å²) in [6.07, 6.45) is 8.52. The Morgan fingerprint density at radius 1 is 1.25 bits per heavy atom. The second-order valence-electron chi connectivity index (χ2n) is 4.82. The Morgan fingerprint density at radius 2 is 2.10 bits per heavy atom. The van der Waals surface area contributed by atoms with Crippen molar-refractivity contribution in [2.45, 2.75) is 27.2 Å². The number of aromatic nitrogens is 5. The minimum Gasteiger partial charge on any atom is -0.369 e. The summed E-state index contributed by atoms with van der Waals surface area (Å²) < 4.78 is 3.96. The first kappa shape index (κ1) is 12.7. The standard InChI is InChI=1S/C14H18N6/c1-4-5-15-12-8-19-7-6-16-13(19)14(18-12)20-9-17-10(2)11(20)3/h6-9,15H,4-5H2,1-3H3. The average Bonchev–Trinajstić information content (AvgIpc) is 3.04. The molecule has 0 aliphatic carbocycles. The van der Waals surface area contributed by atoms with Crippen LogP contribution in [0.25, 0.3) is 11.5 Å².